The molecule has 0 saturated carbocycles. The Morgan fingerprint density at radius 1 is 0.323 bits per heavy atom. The van der Waals surface area contributed by atoms with Crippen LogP contribution in [0.1, 0.15) is 220 Å². The number of allylic oxidation sites excluding steroid dienone is 16. The van der Waals surface area contributed by atoms with Crippen LogP contribution in [0, 0.1) is 0 Å². The van der Waals surface area contributed by atoms with Crippen LogP contribution in [0.4, 0.5) is 0 Å². The van der Waals surface area contributed by atoms with Crippen molar-refractivity contribution < 1.29 is 28.6 Å². The summed E-state index contributed by atoms with van der Waals surface area (Å²) in [7, 11) is 0. The van der Waals surface area contributed by atoms with E-state index >= 15 is 0 Å². The number of rotatable bonds is 44. The Morgan fingerprint density at radius 2 is 0.581 bits per heavy atom. The van der Waals surface area contributed by atoms with Gasteiger partial charge in [-0.15, -0.1) is 0 Å². The van der Waals surface area contributed by atoms with Crippen LogP contribution < -0.4 is 0 Å². The Morgan fingerprint density at radius 3 is 0.919 bits per heavy atom. The summed E-state index contributed by atoms with van der Waals surface area (Å²) in [5.41, 5.74) is 0. The van der Waals surface area contributed by atoms with E-state index < -0.39 is 6.10 Å². The van der Waals surface area contributed by atoms with E-state index in [0.717, 1.165) is 128 Å². The van der Waals surface area contributed by atoms with E-state index in [-0.39, 0.29) is 31.1 Å². The lowest BCUT2D eigenvalue weighted by atomic mass is 10.1. The maximum absolute atomic E-state index is 12.8. The number of esters is 3. The molecule has 0 bridgehead atoms. The Hall–Kier alpha value is -3.67. The monoisotopic (exact) mass is 861 g/mol. The van der Waals surface area contributed by atoms with E-state index in [4.69, 9.17) is 14.2 Å². The summed E-state index contributed by atoms with van der Waals surface area (Å²) in [5.74, 6) is -0.949. The van der Waals surface area contributed by atoms with Gasteiger partial charge in [-0.2, -0.15) is 0 Å². The van der Waals surface area contributed by atoms with Crippen molar-refractivity contribution in [1.82, 2.24) is 0 Å². The van der Waals surface area contributed by atoms with E-state index in [1.165, 1.54) is 51.4 Å². The van der Waals surface area contributed by atoms with Gasteiger partial charge in [0.25, 0.3) is 0 Å². The highest BCUT2D eigenvalue weighted by Crippen LogP contribution is 2.14. The summed E-state index contributed by atoms with van der Waals surface area (Å²) in [6.45, 7) is 6.26. The second-order valence-electron chi connectivity index (χ2n) is 16.3. The van der Waals surface area contributed by atoms with Gasteiger partial charge in [0.15, 0.2) is 6.10 Å². The maximum Gasteiger partial charge on any atom is 0.306 e. The molecular weight excluding hydrogens is 769 g/mol. The van der Waals surface area contributed by atoms with Gasteiger partial charge in [-0.1, -0.05) is 189 Å². The summed E-state index contributed by atoms with van der Waals surface area (Å²) >= 11 is 0. The van der Waals surface area contributed by atoms with Crippen LogP contribution in [0.25, 0.3) is 0 Å². The number of hydrogen-bond acceptors (Lipinski definition) is 6. The molecule has 352 valence electrons. The molecule has 6 nitrogen and oxygen atoms in total. The smallest absolute Gasteiger partial charge is 0.306 e. The first-order valence-electron chi connectivity index (χ1n) is 25.2. The fraction of sp³-hybridized carbons (Fsp3) is 0.661. The highest BCUT2D eigenvalue weighted by atomic mass is 16.6. The van der Waals surface area contributed by atoms with Crippen molar-refractivity contribution in [2.75, 3.05) is 13.2 Å². The van der Waals surface area contributed by atoms with Crippen molar-refractivity contribution in [3.63, 3.8) is 0 Å². The third kappa shape index (κ3) is 47.4. The molecule has 0 spiro atoms. The van der Waals surface area contributed by atoms with E-state index in [1.807, 2.05) is 0 Å². The Labute approximate surface area is 381 Å². The van der Waals surface area contributed by atoms with Crippen molar-refractivity contribution in [1.29, 1.82) is 0 Å². The lowest BCUT2D eigenvalue weighted by Crippen LogP contribution is -2.30. The molecule has 1 unspecified atom stereocenters. The standard InChI is InChI=1S/C56H92O6/c1-4-7-10-13-16-19-22-25-28-29-32-34-37-40-43-46-49-55(58)61-52-53(62-56(59)50-47-44-41-38-35-31-27-24-21-18-15-12-9-6-3)51-60-54(57)48-45-42-39-36-33-30-26-23-20-17-14-11-8-5-2/h7-12,16-21,25,28,32,34,53H,4-6,13-15,22-24,26-27,29-31,33,35-52H2,1-3H3/b10-7-,11-8-,12-9-,19-16-,20-17-,21-18-,28-25-,34-32-. The highest BCUT2D eigenvalue weighted by molar-refractivity contribution is 5.71. The van der Waals surface area contributed by atoms with Gasteiger partial charge in [-0.3, -0.25) is 14.4 Å². The van der Waals surface area contributed by atoms with Gasteiger partial charge < -0.3 is 14.2 Å². The van der Waals surface area contributed by atoms with Gasteiger partial charge in [-0.25, -0.2) is 0 Å². The number of carbonyl (C=O) groups is 3. The molecular formula is C56H92O6. The van der Waals surface area contributed by atoms with Crippen LogP contribution >= 0.6 is 0 Å². The van der Waals surface area contributed by atoms with Crippen LogP contribution in [0.5, 0.6) is 0 Å². The van der Waals surface area contributed by atoms with Crippen LogP contribution in [0.3, 0.4) is 0 Å². The Kier molecular flexibility index (Phi) is 47.0. The minimum absolute atomic E-state index is 0.0965. The molecule has 0 amide bonds. The Balaban J connectivity index is 4.47. The predicted molar refractivity (Wildman–Crippen MR) is 265 cm³/mol. The average Bonchev–Trinajstić information content (AvgIpc) is 3.27. The fourth-order valence-electron chi connectivity index (χ4n) is 6.62. The van der Waals surface area contributed by atoms with E-state index in [9.17, 15) is 14.4 Å². The van der Waals surface area contributed by atoms with Crippen molar-refractivity contribution in [2.24, 2.45) is 0 Å². The first-order chi connectivity index (χ1) is 30.5. The van der Waals surface area contributed by atoms with Gasteiger partial charge in [0, 0.05) is 19.3 Å². The van der Waals surface area contributed by atoms with Crippen molar-refractivity contribution in [3.05, 3.63) is 97.2 Å². The third-order valence-electron chi connectivity index (χ3n) is 10.3. The molecule has 62 heavy (non-hydrogen) atoms. The quantitative estimate of drug-likeness (QED) is 0.0263. The van der Waals surface area contributed by atoms with Crippen LogP contribution in [-0.4, -0.2) is 37.2 Å². The summed E-state index contributed by atoms with van der Waals surface area (Å²) < 4.78 is 16.8. The van der Waals surface area contributed by atoms with Crippen molar-refractivity contribution >= 4 is 17.9 Å². The second-order valence-corrected chi connectivity index (χ2v) is 16.3. The van der Waals surface area contributed by atoms with E-state index in [1.54, 1.807) is 0 Å². The van der Waals surface area contributed by atoms with Gasteiger partial charge in [-0.05, 0) is 109 Å². The molecule has 0 heterocycles. The number of hydrogen-bond donors (Lipinski definition) is 0. The molecule has 0 aromatic carbocycles. The molecule has 0 aliphatic heterocycles. The number of unbranched alkanes of at least 4 members (excludes halogenated alkanes) is 17. The van der Waals surface area contributed by atoms with Gasteiger partial charge in [0.05, 0.1) is 0 Å². The minimum Gasteiger partial charge on any atom is -0.462 e. The highest BCUT2D eigenvalue weighted by Gasteiger charge is 2.19. The van der Waals surface area contributed by atoms with Crippen LogP contribution in [-0.2, 0) is 28.6 Å². The molecule has 0 fully saturated rings. The normalized spacial score (nSPS) is 12.9. The largest absolute Gasteiger partial charge is 0.462 e. The third-order valence-corrected chi connectivity index (χ3v) is 10.3. The molecule has 0 aliphatic rings. The fourth-order valence-corrected chi connectivity index (χ4v) is 6.62. The minimum atomic E-state index is -0.798. The number of carbonyl (C=O) groups excluding carboxylic acids is 3. The predicted octanol–water partition coefficient (Wildman–Crippen LogP) is 16.6. The summed E-state index contributed by atoms with van der Waals surface area (Å²) in [6, 6.07) is 0. The van der Waals surface area contributed by atoms with Gasteiger partial charge in [0.2, 0.25) is 0 Å². The van der Waals surface area contributed by atoms with Gasteiger partial charge in [0.1, 0.15) is 13.2 Å². The summed E-state index contributed by atoms with van der Waals surface area (Å²) in [5, 5.41) is 0. The van der Waals surface area contributed by atoms with E-state index in [0.29, 0.717) is 19.3 Å². The molecule has 0 aromatic rings. The van der Waals surface area contributed by atoms with Crippen molar-refractivity contribution in [2.45, 2.75) is 226 Å². The molecule has 6 heteroatoms. The average molecular weight is 861 g/mol. The summed E-state index contributed by atoms with van der Waals surface area (Å²) in [4.78, 5) is 38.0. The molecule has 0 N–H and O–H groups in total. The lowest BCUT2D eigenvalue weighted by molar-refractivity contribution is -0.167. The molecule has 0 rings (SSSR count). The topological polar surface area (TPSA) is 78.9 Å². The zero-order valence-corrected chi connectivity index (χ0v) is 40.1. The molecule has 0 aliphatic carbocycles. The number of ether oxygens (including phenoxy) is 3. The second kappa shape index (κ2) is 50.0. The summed E-state index contributed by atoms with van der Waals surface area (Å²) in [6.07, 6.45) is 65.3. The molecule has 0 radical (unpaired) electrons. The van der Waals surface area contributed by atoms with Crippen molar-refractivity contribution in [3.8, 4) is 0 Å². The maximum atomic E-state index is 12.8. The first kappa shape index (κ1) is 58.3. The lowest BCUT2D eigenvalue weighted by Gasteiger charge is -2.18. The van der Waals surface area contributed by atoms with Gasteiger partial charge >= 0.3 is 17.9 Å². The molecule has 0 saturated heterocycles. The Bertz CT molecular complexity index is 1260. The SMILES string of the molecule is CC/C=C\C/C=C\C/C=C\C/C=C\CCCCCC(=O)OCC(COC(=O)CCCCCCCCC/C=C\C/C=C\CC)OC(=O)CCCCCCCCC/C=C\C/C=C\CC. The van der Waals surface area contributed by atoms with Crippen LogP contribution in [0.15, 0.2) is 97.2 Å². The zero-order chi connectivity index (χ0) is 45.1. The molecule has 0 aromatic heterocycles. The van der Waals surface area contributed by atoms with Crippen LogP contribution in [0.2, 0.25) is 0 Å². The molecule has 1 atom stereocenters. The van der Waals surface area contributed by atoms with E-state index in [2.05, 4.69) is 118 Å². The zero-order valence-electron chi connectivity index (χ0n) is 40.1. The first-order valence-corrected chi connectivity index (χ1v) is 25.2.